The summed E-state index contributed by atoms with van der Waals surface area (Å²) in [6.07, 6.45) is -0.701. The van der Waals surface area contributed by atoms with Crippen molar-refractivity contribution < 1.29 is 22.7 Å². The van der Waals surface area contributed by atoms with E-state index in [1.54, 1.807) is 32.9 Å². The Labute approximate surface area is 178 Å². The first-order valence-corrected chi connectivity index (χ1v) is 11.5. The average molecular weight is 441 g/mol. The Bertz CT molecular complexity index is 858. The topological polar surface area (TPSA) is 108 Å². The zero-order chi connectivity index (χ0) is 22.5. The Morgan fingerprint density at radius 2 is 1.80 bits per heavy atom. The molecule has 9 nitrogen and oxygen atoms in total. The van der Waals surface area contributed by atoms with Gasteiger partial charge in [0.25, 0.3) is 0 Å². The van der Waals surface area contributed by atoms with E-state index in [0.29, 0.717) is 31.9 Å². The van der Waals surface area contributed by atoms with Gasteiger partial charge in [0.15, 0.2) is 0 Å². The monoisotopic (exact) mass is 440 g/mol. The first-order valence-electron chi connectivity index (χ1n) is 10.1. The lowest BCUT2D eigenvalue weighted by molar-refractivity contribution is -0.117. The maximum Gasteiger partial charge on any atom is 0.408 e. The predicted molar refractivity (Wildman–Crippen MR) is 115 cm³/mol. The molecule has 30 heavy (non-hydrogen) atoms. The maximum atomic E-state index is 13.0. The molecule has 1 unspecified atom stereocenters. The minimum atomic E-state index is -3.65. The molecule has 0 radical (unpaired) electrons. The van der Waals surface area contributed by atoms with E-state index < -0.39 is 33.7 Å². The minimum absolute atomic E-state index is 0.123. The van der Waals surface area contributed by atoms with Gasteiger partial charge in [-0.05, 0) is 52.4 Å². The van der Waals surface area contributed by atoms with E-state index in [4.69, 9.17) is 4.74 Å². The van der Waals surface area contributed by atoms with E-state index in [1.807, 2.05) is 0 Å². The van der Waals surface area contributed by atoms with E-state index >= 15 is 0 Å². The van der Waals surface area contributed by atoms with Crippen LogP contribution in [0, 0.1) is 0 Å². The summed E-state index contributed by atoms with van der Waals surface area (Å²) in [5.74, 6) is -0.480. The molecule has 0 bridgehead atoms. The van der Waals surface area contributed by atoms with Gasteiger partial charge in [0.2, 0.25) is 15.9 Å². The number of piperazine rings is 1. The molecule has 2 N–H and O–H groups in total. The maximum absolute atomic E-state index is 13.0. The molecule has 0 aromatic heterocycles. The molecule has 1 aromatic carbocycles. The summed E-state index contributed by atoms with van der Waals surface area (Å²) >= 11 is 0. The standard InChI is InChI=1S/C20H32N4O5S/c1-6-23-10-12-24(13-11-23)30(27,28)17-9-7-8-16(14-17)22-18(25)15(2)21-19(26)29-20(3,4)5/h7-9,14-15H,6,10-13H2,1-5H3,(H,21,26)(H,22,25). The molecule has 1 aliphatic heterocycles. The van der Waals surface area contributed by atoms with Gasteiger partial charge in [-0.3, -0.25) is 4.79 Å². The smallest absolute Gasteiger partial charge is 0.408 e. The number of nitrogens with one attached hydrogen (secondary N) is 2. The largest absolute Gasteiger partial charge is 0.444 e. The van der Waals surface area contributed by atoms with Crippen molar-refractivity contribution in [2.24, 2.45) is 0 Å². The van der Waals surface area contributed by atoms with Crippen LogP contribution < -0.4 is 10.6 Å². The van der Waals surface area contributed by atoms with Gasteiger partial charge in [-0.25, -0.2) is 13.2 Å². The predicted octanol–water partition coefficient (Wildman–Crippen LogP) is 1.86. The number of rotatable bonds is 6. The molecule has 1 fully saturated rings. The van der Waals surface area contributed by atoms with Crippen LogP contribution in [0.1, 0.15) is 34.6 Å². The summed E-state index contributed by atoms with van der Waals surface area (Å²) in [5.41, 5.74) is -0.336. The van der Waals surface area contributed by atoms with Crippen LogP contribution in [0.3, 0.4) is 0 Å². The van der Waals surface area contributed by atoms with E-state index in [1.165, 1.54) is 23.4 Å². The summed E-state index contributed by atoms with van der Waals surface area (Å²) in [4.78, 5) is 26.5. The number of nitrogens with zero attached hydrogens (tertiary/aromatic N) is 2. The second-order valence-electron chi connectivity index (χ2n) is 8.22. The van der Waals surface area contributed by atoms with Gasteiger partial charge in [0.05, 0.1) is 4.90 Å². The van der Waals surface area contributed by atoms with E-state index in [2.05, 4.69) is 22.5 Å². The van der Waals surface area contributed by atoms with Crippen LogP contribution in [-0.4, -0.2) is 74.0 Å². The van der Waals surface area contributed by atoms with Gasteiger partial charge in [-0.2, -0.15) is 4.31 Å². The lowest BCUT2D eigenvalue weighted by Gasteiger charge is -2.33. The molecule has 2 rings (SSSR count). The van der Waals surface area contributed by atoms with Gasteiger partial charge >= 0.3 is 6.09 Å². The third-order valence-corrected chi connectivity index (χ3v) is 6.54. The third kappa shape index (κ3) is 6.68. The average Bonchev–Trinajstić information content (AvgIpc) is 2.66. The molecule has 1 saturated heterocycles. The van der Waals surface area contributed by atoms with Crippen LogP contribution in [0.5, 0.6) is 0 Å². The van der Waals surface area contributed by atoms with Crippen molar-refractivity contribution in [1.82, 2.24) is 14.5 Å². The molecular weight excluding hydrogens is 408 g/mol. The van der Waals surface area contributed by atoms with Crippen LogP contribution in [0.15, 0.2) is 29.2 Å². The van der Waals surface area contributed by atoms with Crippen molar-refractivity contribution >= 4 is 27.7 Å². The number of hydrogen-bond donors (Lipinski definition) is 2. The van der Waals surface area contributed by atoms with Crippen molar-refractivity contribution in [3.63, 3.8) is 0 Å². The van der Waals surface area contributed by atoms with Crippen molar-refractivity contribution in [3.8, 4) is 0 Å². The summed E-state index contributed by atoms with van der Waals surface area (Å²) < 4.78 is 32.5. The molecule has 1 atom stereocenters. The van der Waals surface area contributed by atoms with Crippen LogP contribution in [0.2, 0.25) is 0 Å². The lowest BCUT2D eigenvalue weighted by atomic mass is 10.2. The summed E-state index contributed by atoms with van der Waals surface area (Å²) in [6, 6.07) is 5.27. The second kappa shape index (κ2) is 9.76. The van der Waals surface area contributed by atoms with Gasteiger partial charge in [0.1, 0.15) is 11.6 Å². The molecule has 10 heteroatoms. The number of alkyl carbamates (subject to hydrolysis) is 1. The Hall–Kier alpha value is -2.17. The molecule has 1 aliphatic rings. The van der Waals surface area contributed by atoms with E-state index in [-0.39, 0.29) is 4.90 Å². The van der Waals surface area contributed by atoms with Crippen LogP contribution >= 0.6 is 0 Å². The number of sulfonamides is 1. The fourth-order valence-corrected chi connectivity index (χ4v) is 4.44. The zero-order valence-corrected chi connectivity index (χ0v) is 19.1. The van der Waals surface area contributed by atoms with Crippen LogP contribution in [-0.2, 0) is 19.6 Å². The number of amides is 2. The second-order valence-corrected chi connectivity index (χ2v) is 10.2. The lowest BCUT2D eigenvalue weighted by Crippen LogP contribution is -2.48. The van der Waals surface area contributed by atoms with Crippen molar-refractivity contribution in [3.05, 3.63) is 24.3 Å². The number of anilines is 1. The zero-order valence-electron chi connectivity index (χ0n) is 18.3. The van der Waals surface area contributed by atoms with Crippen molar-refractivity contribution in [2.75, 3.05) is 38.0 Å². The number of carbonyl (C=O) groups is 2. The highest BCUT2D eigenvalue weighted by atomic mass is 32.2. The number of likely N-dealkylation sites (N-methyl/N-ethyl adjacent to an activating group) is 1. The number of hydrogen-bond acceptors (Lipinski definition) is 6. The quantitative estimate of drug-likeness (QED) is 0.699. The molecule has 0 saturated carbocycles. The molecule has 1 heterocycles. The molecule has 1 aromatic rings. The van der Waals surface area contributed by atoms with Crippen LogP contribution in [0.4, 0.5) is 10.5 Å². The number of ether oxygens (including phenoxy) is 1. The normalized spacial score (nSPS) is 17.2. The molecule has 168 valence electrons. The highest BCUT2D eigenvalue weighted by Gasteiger charge is 2.28. The third-order valence-electron chi connectivity index (χ3n) is 4.64. The first-order chi connectivity index (χ1) is 13.9. The SMILES string of the molecule is CCN1CCN(S(=O)(=O)c2cccc(NC(=O)C(C)NC(=O)OC(C)(C)C)c2)CC1. The fourth-order valence-electron chi connectivity index (χ4n) is 2.97. The Kier molecular flexibility index (Phi) is 7.84. The first kappa shape index (κ1) is 24.1. The molecular formula is C20H32N4O5S. The molecule has 0 spiro atoms. The Morgan fingerprint density at radius 3 is 2.37 bits per heavy atom. The minimum Gasteiger partial charge on any atom is -0.444 e. The van der Waals surface area contributed by atoms with E-state index in [0.717, 1.165) is 6.54 Å². The number of carbonyl (C=O) groups excluding carboxylic acids is 2. The van der Waals surface area contributed by atoms with Gasteiger partial charge < -0.3 is 20.3 Å². The Morgan fingerprint density at radius 1 is 1.17 bits per heavy atom. The van der Waals surface area contributed by atoms with E-state index in [9.17, 15) is 18.0 Å². The van der Waals surface area contributed by atoms with Crippen LogP contribution in [0.25, 0.3) is 0 Å². The van der Waals surface area contributed by atoms with Gasteiger partial charge in [0, 0.05) is 31.9 Å². The molecule has 2 amide bonds. The van der Waals surface area contributed by atoms with Crippen molar-refractivity contribution in [1.29, 1.82) is 0 Å². The fraction of sp³-hybridized carbons (Fsp3) is 0.600. The van der Waals surface area contributed by atoms with Gasteiger partial charge in [-0.1, -0.05) is 13.0 Å². The molecule has 0 aliphatic carbocycles. The highest BCUT2D eigenvalue weighted by Crippen LogP contribution is 2.21. The Balaban J connectivity index is 2.03. The highest BCUT2D eigenvalue weighted by molar-refractivity contribution is 7.89. The summed E-state index contributed by atoms with van der Waals surface area (Å²) in [7, 11) is -3.65. The summed E-state index contributed by atoms with van der Waals surface area (Å²) in [6.45, 7) is 11.9. The van der Waals surface area contributed by atoms with Gasteiger partial charge in [-0.15, -0.1) is 0 Å². The summed E-state index contributed by atoms with van der Waals surface area (Å²) in [5, 5.41) is 5.10. The number of benzene rings is 1. The van der Waals surface area contributed by atoms with Crippen molar-refractivity contribution in [2.45, 2.75) is 51.2 Å².